The van der Waals surface area contributed by atoms with Crippen LogP contribution in [-0.2, 0) is 115 Å². The molecule has 13 atom stereocenters. The maximum absolute atomic E-state index is 15.8. The molecule has 2 aromatic heterocycles. The lowest BCUT2D eigenvalue weighted by atomic mass is 9.87. The second kappa shape index (κ2) is 55.0. The van der Waals surface area contributed by atoms with Crippen molar-refractivity contribution in [3.63, 3.8) is 0 Å². The molecular formula is C96H132N22O24S2. The molecule has 6 heterocycles. The zero-order valence-corrected chi connectivity index (χ0v) is 82.8. The molecule has 6 aromatic rings. The van der Waals surface area contributed by atoms with Crippen LogP contribution in [-0.4, -0.2) is 387 Å². The second-order valence-electron chi connectivity index (χ2n) is 37.6. The summed E-state index contributed by atoms with van der Waals surface area (Å²) in [7, 11) is 1.52. The number of nitrogens with one attached hydrogen (secondary N) is 14. The van der Waals surface area contributed by atoms with Gasteiger partial charge in [0, 0.05) is 157 Å². The number of unbranched alkanes of at least 4 members (excludes halogenated alkanes) is 1. The molecule has 4 aromatic carbocycles. The van der Waals surface area contributed by atoms with E-state index in [1.54, 1.807) is 143 Å². The summed E-state index contributed by atoms with van der Waals surface area (Å²) in [5.74, 6) is -20.5. The number of carboxylic acid groups (broad SMARTS) is 3. The minimum atomic E-state index is -2.17. The largest absolute Gasteiger partial charge is 0.481 e. The molecular weight excluding hydrogens is 1910 g/mol. The first-order valence-electron chi connectivity index (χ1n) is 47.9. The van der Waals surface area contributed by atoms with E-state index < -0.39 is 221 Å². The Morgan fingerprint density at radius 2 is 1.08 bits per heavy atom. The summed E-state index contributed by atoms with van der Waals surface area (Å²) >= 11 is 0. The van der Waals surface area contributed by atoms with Gasteiger partial charge in [0.25, 0.3) is 0 Å². The highest BCUT2D eigenvalue weighted by atomic mass is 33.1. The van der Waals surface area contributed by atoms with Crippen LogP contribution in [0.25, 0.3) is 32.6 Å². The molecule has 48 heteroatoms. The Hall–Kier alpha value is -13.2. The number of aromatic amines is 2. The monoisotopic (exact) mass is 2040 g/mol. The number of carboxylic acids is 3. The number of hydrogen-bond donors (Lipinski definition) is 20. The lowest BCUT2D eigenvalue weighted by Crippen LogP contribution is -2.63. The van der Waals surface area contributed by atoms with Gasteiger partial charge >= 0.3 is 17.9 Å². The van der Waals surface area contributed by atoms with E-state index in [2.05, 4.69) is 73.8 Å². The Morgan fingerprint density at radius 1 is 0.542 bits per heavy atom. The van der Waals surface area contributed by atoms with Gasteiger partial charge < -0.3 is 120 Å². The molecule has 0 bridgehead atoms. The number of aliphatic hydroxyl groups excluding tert-OH is 1. The Bertz CT molecular complexity index is 5530. The van der Waals surface area contributed by atoms with Gasteiger partial charge in [-0.05, 0) is 90.5 Å². The number of ether oxygens (including phenoxy) is 1. The highest BCUT2D eigenvalue weighted by Gasteiger charge is 2.43. The molecule has 4 aliphatic heterocycles. The molecule has 4 saturated heterocycles. The fourth-order valence-corrected chi connectivity index (χ4v) is 19.9. The molecule has 0 spiro atoms. The highest BCUT2D eigenvalue weighted by molar-refractivity contribution is 8.76. The van der Waals surface area contributed by atoms with Gasteiger partial charge in [-0.25, -0.2) is 0 Å². The molecule has 0 saturated carbocycles. The number of primary amides is 2. The number of carbonyl (C=O) groups excluding carboxylic acids is 16. The number of fused-ring (bicyclic) bond motifs is 3. The summed E-state index contributed by atoms with van der Waals surface area (Å²) in [6, 6.07) is 5.59. The average molecular weight is 2040 g/mol. The van der Waals surface area contributed by atoms with Crippen LogP contribution in [0.2, 0.25) is 0 Å². The predicted octanol–water partition coefficient (Wildman–Crippen LogP) is -3.57. The van der Waals surface area contributed by atoms with Crippen molar-refractivity contribution in [2.75, 3.05) is 136 Å². The van der Waals surface area contributed by atoms with Crippen LogP contribution in [0.4, 0.5) is 0 Å². The summed E-state index contributed by atoms with van der Waals surface area (Å²) in [5, 5.41) is 76.2. The molecule has 10 rings (SSSR count). The number of likely N-dealkylation sites (tertiary alicyclic amines) is 1. The van der Waals surface area contributed by atoms with E-state index in [4.69, 9.17) is 16.2 Å². The summed E-state index contributed by atoms with van der Waals surface area (Å²) in [6.45, 7) is 8.22. The fourth-order valence-electron chi connectivity index (χ4n) is 17.5. The number of aromatic nitrogens is 2. The molecule has 4 fully saturated rings. The summed E-state index contributed by atoms with van der Waals surface area (Å²) in [6.07, 6.45) is -0.837. The van der Waals surface area contributed by atoms with Crippen molar-refractivity contribution in [2.45, 2.75) is 184 Å². The van der Waals surface area contributed by atoms with Gasteiger partial charge in [0.05, 0.1) is 58.3 Å². The van der Waals surface area contributed by atoms with Crippen molar-refractivity contribution in [1.29, 1.82) is 0 Å². The zero-order chi connectivity index (χ0) is 104. The molecule has 4 aliphatic rings. The number of morpholine rings is 1. The zero-order valence-electron chi connectivity index (χ0n) is 81.1. The van der Waals surface area contributed by atoms with Crippen molar-refractivity contribution >= 4 is 167 Å². The number of hydrogen-bond acceptors (Lipinski definition) is 28. The third-order valence-corrected chi connectivity index (χ3v) is 27.5. The number of carbonyl (C=O) groups is 19. The number of nitrogens with zero attached hydrogens (tertiary/aromatic N) is 6. The minimum absolute atomic E-state index is 0.0205. The van der Waals surface area contributed by atoms with Crippen LogP contribution in [0.1, 0.15) is 103 Å². The predicted molar refractivity (Wildman–Crippen MR) is 530 cm³/mol. The van der Waals surface area contributed by atoms with E-state index in [-0.39, 0.29) is 169 Å². The van der Waals surface area contributed by atoms with E-state index >= 15 is 43.2 Å². The van der Waals surface area contributed by atoms with E-state index in [9.17, 15) is 68.4 Å². The Balaban J connectivity index is 1.02. The summed E-state index contributed by atoms with van der Waals surface area (Å²) in [5.41, 5.74) is 13.7. The molecule has 0 unspecified atom stereocenters. The SMILES string of the molecule is CC(=O)N[C@@H](Cc1c[nH]c2ccccc12)C(=O)N[C@H](C(=O)N[C@@H](CC(C)(C)C)C(=O)N[C@H]1CSSC[C@@H](C(=O)N[C@@H](Cc2c[nH]c3ccccc23)C(=O)N2CCC[C@H]2C(N)=O)NC(=O)[C@H](CC(=O)O)NC(=O)[C@H](CCCCNC(=O)CN2CCN(CC(=O)O)CCN(CC=O)CCN(CC(=O)O)CC2)NC(=O)[C@H](Cc2ccc3ccccc3c2)NC(=O)[C@H](CC(N)=O)NC(=O)[C@H](CN2CCOCC2)NC1=O)[C@@H](C)O. The first-order chi connectivity index (χ1) is 68.6. The van der Waals surface area contributed by atoms with E-state index in [0.29, 0.717) is 45.7 Å². The normalized spacial score (nSPS) is 21.6. The lowest BCUT2D eigenvalue weighted by molar-refractivity contribution is -0.142. The van der Waals surface area contributed by atoms with Crippen LogP contribution in [0.15, 0.2) is 103 Å². The number of amides is 15. The Kier molecular flexibility index (Phi) is 43.1. The maximum atomic E-state index is 15.8. The van der Waals surface area contributed by atoms with Gasteiger partial charge in [0.15, 0.2) is 0 Å². The van der Waals surface area contributed by atoms with Gasteiger partial charge in [-0.15, -0.1) is 0 Å². The number of para-hydroxylation sites is 2. The number of aliphatic carboxylic acids is 3. The van der Waals surface area contributed by atoms with Crippen LogP contribution >= 0.6 is 21.6 Å². The molecule has 782 valence electrons. The molecule has 15 amide bonds. The van der Waals surface area contributed by atoms with Crippen molar-refractivity contribution in [3.05, 3.63) is 120 Å². The smallest absolute Gasteiger partial charge is 0.317 e. The quantitative estimate of drug-likeness (QED) is 0.0101. The number of benzene rings is 4. The van der Waals surface area contributed by atoms with E-state index in [1.807, 2.05) is 6.07 Å². The van der Waals surface area contributed by atoms with Gasteiger partial charge in [-0.3, -0.25) is 111 Å². The maximum Gasteiger partial charge on any atom is 0.317 e. The third-order valence-electron chi connectivity index (χ3n) is 25.0. The van der Waals surface area contributed by atoms with Crippen molar-refractivity contribution in [1.82, 2.24) is 103 Å². The highest BCUT2D eigenvalue weighted by Crippen LogP contribution is 2.29. The summed E-state index contributed by atoms with van der Waals surface area (Å²) < 4.78 is 5.64. The fraction of sp³-hybridized carbons (Fsp3) is 0.531. The minimum Gasteiger partial charge on any atom is -0.481 e. The Labute approximate surface area is 838 Å². The molecule has 0 radical (unpaired) electrons. The third kappa shape index (κ3) is 35.4. The van der Waals surface area contributed by atoms with Gasteiger partial charge in [0.2, 0.25) is 88.6 Å². The Morgan fingerprint density at radius 3 is 1.66 bits per heavy atom. The topological polar surface area (TPSA) is 662 Å². The molecule has 144 heavy (non-hydrogen) atoms. The number of nitrogens with two attached hydrogens (primary N) is 2. The standard InChI is InChI=1S/C96H132N22O24S2/c1-56(120)83(112-89(135)69(102-57(2)121)43-61-48-100-65-19-10-8-17-63(61)65)94(140)108-73(47-96(3,4)5)90(136)111-76-55-144-143-54-75(92(138)107-72(95(141)118-26-14-22-77(118)84(98)130)44-62-49-101-66-20-11-9-18-64(62)66)110-88(134)71(46-80(124)125)106-85(131)67(21-12-13-25-99-79(123)51-114-31-33-115(52-81(126)127)29-27-113(35-38-119)28-30-116(34-32-114)53-82(128)129)103-86(132)68(42-58-23-24-59-15-6-7-16-60(59)41-58)104-87(133)70(45-78(97)122)105-91(137)74(109-93(76)139)50-117-36-39-142-40-37-117/h6-11,15-20,23-24,38,41,48-49,56,67-77,83,100-101,120H,12-14,21-22,25-37,39-40,42-47,50-55H2,1-5H3,(H2,97,122)(H2,98,130)(H,99,123)(H,102,121)(H,103,132)(H,104,133)(H,105,137)(H,106,131)(H,107,138)(H,108,140)(H,109,139)(H,110,134)(H,111,136)(H,112,135)(H,124,125)(H,126,127)(H,128,129)/t56-,67+,68+,69+,70+,71+,72+,73+,74+,75+,76+,77+,83+/m1/s1. The van der Waals surface area contributed by atoms with Crippen LogP contribution < -0.4 is 75.3 Å². The lowest BCUT2D eigenvalue weighted by Gasteiger charge is -2.32. The van der Waals surface area contributed by atoms with Crippen molar-refractivity contribution in [2.24, 2.45) is 16.9 Å². The van der Waals surface area contributed by atoms with Crippen LogP contribution in [0.5, 0.6) is 0 Å². The number of rotatable bonds is 38. The molecule has 46 nitrogen and oxygen atoms in total. The van der Waals surface area contributed by atoms with Gasteiger partial charge in [-0.1, -0.05) is 121 Å². The number of aldehydes is 1. The van der Waals surface area contributed by atoms with Crippen molar-refractivity contribution < 1.29 is 116 Å². The number of H-pyrrole nitrogens is 2. The molecule has 0 aliphatic carbocycles. The van der Waals surface area contributed by atoms with Gasteiger partial charge in [0.1, 0.15) is 78.8 Å². The van der Waals surface area contributed by atoms with Crippen LogP contribution in [0, 0.1) is 5.41 Å². The molecule has 22 N–H and O–H groups in total. The van der Waals surface area contributed by atoms with E-state index in [0.717, 1.165) is 37.9 Å². The second-order valence-corrected chi connectivity index (χ2v) is 40.1. The average Bonchev–Trinajstić information content (AvgIpc) is 1.59. The van der Waals surface area contributed by atoms with Gasteiger partial charge in [-0.2, -0.15) is 0 Å². The summed E-state index contributed by atoms with van der Waals surface area (Å²) in [4.78, 5) is 287. The first-order valence-corrected chi connectivity index (χ1v) is 50.4. The first kappa shape index (κ1) is 113. The number of aliphatic hydroxyl groups is 1. The van der Waals surface area contributed by atoms with Crippen molar-refractivity contribution in [3.8, 4) is 0 Å². The van der Waals surface area contributed by atoms with Crippen LogP contribution in [0.3, 0.4) is 0 Å². The van der Waals surface area contributed by atoms with E-state index in [1.165, 1.54) is 18.7 Å².